The van der Waals surface area contributed by atoms with Crippen LogP contribution in [-0.2, 0) is 20.9 Å². The maximum Gasteiger partial charge on any atom is 0.299 e. The van der Waals surface area contributed by atoms with E-state index >= 15 is 0 Å². The monoisotopic (exact) mass is 585 g/mol. The van der Waals surface area contributed by atoms with Gasteiger partial charge in [-0.2, -0.15) is 0 Å². The summed E-state index contributed by atoms with van der Waals surface area (Å²) in [6.07, 6.45) is 0. The van der Waals surface area contributed by atoms with E-state index in [-0.39, 0.29) is 12.1 Å². The summed E-state index contributed by atoms with van der Waals surface area (Å²) in [7, 11) is 1.52. The van der Waals surface area contributed by atoms with Crippen molar-refractivity contribution in [3.05, 3.63) is 125 Å². The molecule has 0 spiro atoms. The first-order valence-corrected chi connectivity index (χ1v) is 13.3. The molecule has 4 aromatic rings. The van der Waals surface area contributed by atoms with E-state index in [0.29, 0.717) is 33.3 Å². The van der Waals surface area contributed by atoms with Gasteiger partial charge in [0.1, 0.15) is 24.2 Å². The van der Waals surface area contributed by atoms with Gasteiger partial charge in [-0.1, -0.05) is 54.1 Å². The molecule has 5 rings (SSSR count). The van der Waals surface area contributed by atoms with Crippen molar-refractivity contribution >= 4 is 46.5 Å². The quantitative estimate of drug-likeness (QED) is 0.264. The number of fused-ring (bicyclic) bond motifs is 1. The number of Topliss-reactive ketones (excluding diaryl/α,β-unsaturated/α-hetero) is 1. The summed E-state index contributed by atoms with van der Waals surface area (Å²) >= 11 is 6.45. The molecule has 1 atom stereocenters. The number of rotatable bonds is 9. The molecule has 0 aliphatic carbocycles. The Hall–Kier alpha value is -5.02. The number of halogens is 2. The number of hydrogen-bond donors (Lipinski definition) is 1. The minimum absolute atomic E-state index is 0.117. The van der Waals surface area contributed by atoms with Crippen molar-refractivity contribution in [3.8, 4) is 5.75 Å². The summed E-state index contributed by atoms with van der Waals surface area (Å²) in [4.78, 5) is 55.9. The van der Waals surface area contributed by atoms with E-state index in [0.717, 1.165) is 4.90 Å². The molecular formula is C32H25ClFN3O5. The van der Waals surface area contributed by atoms with Crippen LogP contribution < -0.4 is 15.0 Å². The molecule has 1 heterocycles. The number of nitrogens with one attached hydrogen (secondary N) is 1. The first-order valence-electron chi connectivity index (χ1n) is 13.0. The fourth-order valence-corrected chi connectivity index (χ4v) is 4.96. The van der Waals surface area contributed by atoms with Crippen LogP contribution in [0.4, 0.5) is 15.8 Å². The Labute approximate surface area is 246 Å². The smallest absolute Gasteiger partial charge is 0.299 e. The molecule has 0 fully saturated rings. The summed E-state index contributed by atoms with van der Waals surface area (Å²) in [5, 5.41) is 3.18. The third kappa shape index (κ3) is 5.87. The molecule has 1 N–H and O–H groups in total. The lowest BCUT2D eigenvalue weighted by Crippen LogP contribution is -2.46. The topological polar surface area (TPSA) is 96.0 Å². The van der Waals surface area contributed by atoms with Gasteiger partial charge in [-0.05, 0) is 65.7 Å². The summed E-state index contributed by atoms with van der Waals surface area (Å²) in [6.45, 7) is -0.631. The van der Waals surface area contributed by atoms with Crippen LogP contribution in [0.3, 0.4) is 0 Å². The lowest BCUT2D eigenvalue weighted by molar-refractivity contribution is -0.139. The molecule has 4 aromatic carbocycles. The lowest BCUT2D eigenvalue weighted by Gasteiger charge is -2.33. The zero-order valence-electron chi connectivity index (χ0n) is 22.4. The highest BCUT2D eigenvalue weighted by Gasteiger charge is 2.39. The van der Waals surface area contributed by atoms with Gasteiger partial charge in [-0.3, -0.25) is 24.1 Å². The average Bonchev–Trinajstić information content (AvgIpc) is 3.24. The maximum absolute atomic E-state index is 14.1. The van der Waals surface area contributed by atoms with Crippen molar-refractivity contribution in [1.29, 1.82) is 0 Å². The zero-order valence-corrected chi connectivity index (χ0v) is 23.2. The highest BCUT2D eigenvalue weighted by Crippen LogP contribution is 2.31. The van der Waals surface area contributed by atoms with Crippen molar-refractivity contribution < 1.29 is 28.3 Å². The lowest BCUT2D eigenvalue weighted by atomic mass is 10.0. The summed E-state index contributed by atoms with van der Waals surface area (Å²) in [6, 6.07) is 23.8. The number of para-hydroxylation sites is 1. The van der Waals surface area contributed by atoms with Crippen LogP contribution in [0.15, 0.2) is 97.1 Å². The predicted molar refractivity (Wildman–Crippen MR) is 156 cm³/mol. The normalized spacial score (nSPS) is 13.0. The van der Waals surface area contributed by atoms with Gasteiger partial charge < -0.3 is 15.0 Å². The fourth-order valence-electron chi connectivity index (χ4n) is 4.77. The number of anilines is 2. The second-order valence-electron chi connectivity index (χ2n) is 9.52. The van der Waals surface area contributed by atoms with Crippen molar-refractivity contribution in [2.75, 3.05) is 23.9 Å². The Morgan fingerprint density at radius 3 is 2.29 bits per heavy atom. The van der Waals surface area contributed by atoms with Gasteiger partial charge in [0.05, 0.1) is 18.4 Å². The van der Waals surface area contributed by atoms with E-state index in [4.69, 9.17) is 16.3 Å². The molecule has 1 unspecified atom stereocenters. The maximum atomic E-state index is 14.1. The van der Waals surface area contributed by atoms with Crippen LogP contribution in [-0.4, -0.2) is 42.1 Å². The Balaban J connectivity index is 1.55. The summed E-state index contributed by atoms with van der Waals surface area (Å²) < 4.78 is 19.1. The molecular weight excluding hydrogens is 561 g/mol. The number of ketones is 1. The van der Waals surface area contributed by atoms with E-state index in [9.17, 15) is 23.6 Å². The predicted octanol–water partition coefficient (Wildman–Crippen LogP) is 5.43. The Bertz CT molecular complexity index is 1660. The highest BCUT2D eigenvalue weighted by atomic mass is 35.5. The zero-order chi connectivity index (χ0) is 29.8. The molecule has 0 saturated heterocycles. The van der Waals surface area contributed by atoms with Crippen LogP contribution in [0.25, 0.3) is 0 Å². The van der Waals surface area contributed by atoms with Gasteiger partial charge in [-0.15, -0.1) is 0 Å². The van der Waals surface area contributed by atoms with Crippen LogP contribution in [0.1, 0.15) is 27.5 Å². The second-order valence-corrected chi connectivity index (χ2v) is 9.93. The van der Waals surface area contributed by atoms with Gasteiger partial charge in [0.15, 0.2) is 0 Å². The number of carbonyl (C=O) groups excluding carboxylic acids is 4. The van der Waals surface area contributed by atoms with E-state index in [1.807, 2.05) is 0 Å². The van der Waals surface area contributed by atoms with E-state index in [1.165, 1.54) is 42.3 Å². The van der Waals surface area contributed by atoms with Gasteiger partial charge in [0.25, 0.3) is 17.6 Å². The van der Waals surface area contributed by atoms with E-state index < -0.39 is 41.9 Å². The average molecular weight is 586 g/mol. The van der Waals surface area contributed by atoms with Crippen LogP contribution in [0.5, 0.6) is 5.75 Å². The number of ether oxygens (including phenoxy) is 1. The third-order valence-electron chi connectivity index (χ3n) is 6.89. The highest BCUT2D eigenvalue weighted by molar-refractivity contribution is 6.52. The van der Waals surface area contributed by atoms with Crippen LogP contribution >= 0.6 is 11.6 Å². The first-order chi connectivity index (χ1) is 20.3. The van der Waals surface area contributed by atoms with Gasteiger partial charge in [-0.25, -0.2) is 4.39 Å². The van der Waals surface area contributed by atoms with E-state index in [1.54, 1.807) is 66.7 Å². The molecule has 10 heteroatoms. The summed E-state index contributed by atoms with van der Waals surface area (Å²) in [5.74, 6) is -2.71. The van der Waals surface area contributed by atoms with Gasteiger partial charge >= 0.3 is 0 Å². The molecule has 1 aliphatic heterocycles. The number of amides is 3. The number of benzene rings is 4. The molecule has 0 saturated carbocycles. The third-order valence-corrected chi connectivity index (χ3v) is 7.26. The van der Waals surface area contributed by atoms with Gasteiger partial charge in [0, 0.05) is 17.3 Å². The van der Waals surface area contributed by atoms with Crippen molar-refractivity contribution in [1.82, 2.24) is 4.90 Å². The summed E-state index contributed by atoms with van der Waals surface area (Å²) in [5.41, 5.74) is 1.81. The Morgan fingerprint density at radius 2 is 1.60 bits per heavy atom. The molecule has 0 radical (unpaired) electrons. The second kappa shape index (κ2) is 12.2. The van der Waals surface area contributed by atoms with E-state index in [2.05, 4.69) is 5.32 Å². The SMILES string of the molecule is COc1ccc(NC(=O)C(c2ccc(F)cc2)N(Cc2ccccc2Cl)C(=O)CN2C(=O)C(=O)c3ccccc32)cc1. The molecule has 3 amide bonds. The van der Waals surface area contributed by atoms with Crippen LogP contribution in [0, 0.1) is 5.82 Å². The van der Waals surface area contributed by atoms with Gasteiger partial charge in [0.2, 0.25) is 5.91 Å². The molecule has 212 valence electrons. The fraction of sp³-hybridized carbons (Fsp3) is 0.125. The number of carbonyl (C=O) groups is 4. The molecule has 42 heavy (non-hydrogen) atoms. The number of hydrogen-bond acceptors (Lipinski definition) is 5. The number of methoxy groups -OCH3 is 1. The molecule has 0 aromatic heterocycles. The number of nitrogens with zero attached hydrogens (tertiary/aromatic N) is 2. The Kier molecular flexibility index (Phi) is 8.31. The van der Waals surface area contributed by atoms with Crippen molar-refractivity contribution in [2.45, 2.75) is 12.6 Å². The van der Waals surface area contributed by atoms with Crippen molar-refractivity contribution in [3.63, 3.8) is 0 Å². The molecule has 0 bridgehead atoms. The molecule has 8 nitrogen and oxygen atoms in total. The Morgan fingerprint density at radius 1 is 0.929 bits per heavy atom. The largest absolute Gasteiger partial charge is 0.497 e. The van der Waals surface area contributed by atoms with Crippen molar-refractivity contribution in [2.24, 2.45) is 0 Å². The minimum Gasteiger partial charge on any atom is -0.497 e. The molecule has 1 aliphatic rings. The minimum atomic E-state index is -1.26. The van der Waals surface area contributed by atoms with Crippen LogP contribution in [0.2, 0.25) is 5.02 Å². The standard InChI is InChI=1S/C32H25ClFN3O5/c1-42-24-16-14-23(15-17-24)35-31(40)29(20-10-12-22(34)13-11-20)37(18-21-6-2-4-8-26(21)33)28(38)19-36-27-9-5-3-7-25(27)30(39)32(36)41/h2-17,29H,18-19H2,1H3,(H,35,40). The first kappa shape index (κ1) is 28.5.